The Kier molecular flexibility index (Phi) is 7.79. The minimum atomic E-state index is -0.951. The minimum Gasteiger partial charge on any atom is -0.353 e. The number of amides is 3. The lowest BCUT2D eigenvalue weighted by Gasteiger charge is -2.44. The molecule has 2 saturated heterocycles. The summed E-state index contributed by atoms with van der Waals surface area (Å²) in [5.74, 6) is -0.519. The molecule has 2 atom stereocenters. The van der Waals surface area contributed by atoms with Crippen LogP contribution in [0, 0.1) is 0 Å². The largest absolute Gasteiger partial charge is 0.353 e. The predicted molar refractivity (Wildman–Crippen MR) is 149 cm³/mol. The van der Waals surface area contributed by atoms with Gasteiger partial charge in [-0.05, 0) is 48.7 Å². The molecule has 2 aliphatic heterocycles. The number of hydrogen-bond donors (Lipinski definition) is 1. The number of benzene rings is 3. The minimum absolute atomic E-state index is 0.0302. The number of likely N-dealkylation sites (tertiary alicyclic amines) is 1. The molecule has 2 heterocycles. The molecule has 3 aromatic carbocycles. The first-order chi connectivity index (χ1) is 18.9. The highest BCUT2D eigenvalue weighted by Crippen LogP contribution is 2.39. The summed E-state index contributed by atoms with van der Waals surface area (Å²) in [6, 6.07) is 25.5. The number of carbonyl (C=O) groups excluding carboxylic acids is 3. The molecule has 0 aliphatic carbocycles. The first kappa shape index (κ1) is 26.6. The molecule has 0 bridgehead atoms. The van der Waals surface area contributed by atoms with E-state index in [1.807, 2.05) is 84.6 Å². The first-order valence-electron chi connectivity index (χ1n) is 13.7. The molecule has 2 fully saturated rings. The van der Waals surface area contributed by atoms with E-state index in [1.54, 1.807) is 17.0 Å². The van der Waals surface area contributed by atoms with Crippen LogP contribution >= 0.6 is 0 Å². The van der Waals surface area contributed by atoms with E-state index >= 15 is 0 Å². The normalized spacial score (nSPS) is 19.1. The summed E-state index contributed by atoms with van der Waals surface area (Å²) in [6.45, 7) is 4.99. The Morgan fingerprint density at radius 1 is 0.872 bits per heavy atom. The number of carbonyl (C=O) groups is 3. The second-order valence-corrected chi connectivity index (χ2v) is 10.3. The standard InChI is InChI=1S/C32H35N3O4/c1-3-24-14-16-27(17-15-24)30(37)34-20-18-32(19-21-34)35(31(38)26-12-8-5-9-13-26)28(22-39-32)29(36)33-23(2)25-10-6-4-7-11-25/h4-17,23,28H,3,18-22H2,1-2H3,(H,33,36)/t23-,28+/m1/s1. The molecule has 3 aromatic rings. The Balaban J connectivity index is 1.35. The molecule has 7 nitrogen and oxygen atoms in total. The molecule has 1 spiro atoms. The van der Waals surface area contributed by atoms with Crippen molar-refractivity contribution in [2.24, 2.45) is 0 Å². The van der Waals surface area contributed by atoms with E-state index in [9.17, 15) is 14.4 Å². The Bertz CT molecular complexity index is 1300. The van der Waals surface area contributed by atoms with Crippen LogP contribution in [0.15, 0.2) is 84.9 Å². The summed E-state index contributed by atoms with van der Waals surface area (Å²) in [5, 5.41) is 3.08. The Morgan fingerprint density at radius 2 is 1.46 bits per heavy atom. The van der Waals surface area contributed by atoms with Gasteiger partial charge < -0.3 is 15.0 Å². The highest BCUT2D eigenvalue weighted by Gasteiger charge is 2.54. The second-order valence-electron chi connectivity index (χ2n) is 10.3. The maximum atomic E-state index is 13.9. The van der Waals surface area contributed by atoms with Crippen LogP contribution in [0.1, 0.15) is 64.6 Å². The van der Waals surface area contributed by atoms with Crippen molar-refractivity contribution in [1.29, 1.82) is 0 Å². The van der Waals surface area contributed by atoms with Crippen molar-refractivity contribution in [2.75, 3.05) is 19.7 Å². The van der Waals surface area contributed by atoms with Gasteiger partial charge in [-0.25, -0.2) is 0 Å². The van der Waals surface area contributed by atoms with Crippen LogP contribution in [0.2, 0.25) is 0 Å². The van der Waals surface area contributed by atoms with Gasteiger partial charge in [-0.1, -0.05) is 67.6 Å². The lowest BCUT2D eigenvalue weighted by molar-refractivity contribution is -0.128. The fraction of sp³-hybridized carbons (Fsp3) is 0.344. The molecule has 5 rings (SSSR count). The number of hydrogen-bond acceptors (Lipinski definition) is 4. The highest BCUT2D eigenvalue weighted by molar-refractivity contribution is 5.98. The topological polar surface area (TPSA) is 79.0 Å². The summed E-state index contributed by atoms with van der Waals surface area (Å²) in [5.41, 5.74) is 2.38. The van der Waals surface area contributed by atoms with Gasteiger partial charge >= 0.3 is 0 Å². The van der Waals surface area contributed by atoms with Gasteiger partial charge in [0.2, 0.25) is 5.91 Å². The van der Waals surface area contributed by atoms with Crippen molar-refractivity contribution in [3.05, 3.63) is 107 Å². The highest BCUT2D eigenvalue weighted by atomic mass is 16.5. The maximum Gasteiger partial charge on any atom is 0.256 e. The third-order valence-corrected chi connectivity index (χ3v) is 7.90. The van der Waals surface area contributed by atoms with Crippen LogP contribution in [0.4, 0.5) is 0 Å². The lowest BCUT2D eigenvalue weighted by Crippen LogP contribution is -2.60. The molecule has 0 radical (unpaired) electrons. The average molecular weight is 526 g/mol. The van der Waals surface area contributed by atoms with Gasteiger partial charge in [0.05, 0.1) is 12.6 Å². The van der Waals surface area contributed by atoms with Gasteiger partial charge in [-0.3, -0.25) is 19.3 Å². The SMILES string of the molecule is CCc1ccc(C(=O)N2CCC3(CC2)OC[C@@H](C(=O)N[C@H](C)c2ccccc2)N3C(=O)c2ccccc2)cc1. The summed E-state index contributed by atoms with van der Waals surface area (Å²) in [7, 11) is 0. The van der Waals surface area contributed by atoms with E-state index in [0.717, 1.165) is 12.0 Å². The van der Waals surface area contributed by atoms with Gasteiger partial charge in [0.15, 0.2) is 0 Å². The van der Waals surface area contributed by atoms with Crippen molar-refractivity contribution in [3.63, 3.8) is 0 Å². The third-order valence-electron chi connectivity index (χ3n) is 7.90. The molecule has 7 heteroatoms. The van der Waals surface area contributed by atoms with E-state index in [0.29, 0.717) is 37.1 Å². The smallest absolute Gasteiger partial charge is 0.256 e. The number of nitrogens with one attached hydrogen (secondary N) is 1. The Morgan fingerprint density at radius 3 is 2.08 bits per heavy atom. The van der Waals surface area contributed by atoms with E-state index in [1.165, 1.54) is 5.56 Å². The number of piperidine rings is 1. The van der Waals surface area contributed by atoms with E-state index in [-0.39, 0.29) is 30.4 Å². The van der Waals surface area contributed by atoms with Crippen molar-refractivity contribution >= 4 is 17.7 Å². The molecule has 202 valence electrons. The van der Waals surface area contributed by atoms with E-state index < -0.39 is 11.8 Å². The fourth-order valence-electron chi connectivity index (χ4n) is 5.55. The van der Waals surface area contributed by atoms with Crippen molar-refractivity contribution < 1.29 is 19.1 Å². The van der Waals surface area contributed by atoms with Crippen molar-refractivity contribution in [2.45, 2.75) is 50.9 Å². The molecule has 2 aliphatic rings. The van der Waals surface area contributed by atoms with Crippen LogP contribution < -0.4 is 5.32 Å². The van der Waals surface area contributed by atoms with Crippen LogP contribution in [-0.4, -0.2) is 59.0 Å². The molecule has 0 saturated carbocycles. The number of aryl methyl sites for hydroxylation is 1. The maximum absolute atomic E-state index is 13.9. The average Bonchev–Trinajstić information content (AvgIpc) is 3.36. The second kappa shape index (κ2) is 11.4. The van der Waals surface area contributed by atoms with Gasteiger partial charge in [0, 0.05) is 37.1 Å². The van der Waals surface area contributed by atoms with E-state index in [2.05, 4.69) is 12.2 Å². The van der Waals surface area contributed by atoms with Crippen molar-refractivity contribution in [3.8, 4) is 0 Å². The lowest BCUT2D eigenvalue weighted by atomic mass is 9.95. The van der Waals surface area contributed by atoms with E-state index in [4.69, 9.17) is 4.74 Å². The Hall–Kier alpha value is -3.97. The molecule has 3 amide bonds. The summed E-state index contributed by atoms with van der Waals surface area (Å²) >= 11 is 0. The molecule has 0 aromatic heterocycles. The number of nitrogens with zero attached hydrogens (tertiary/aromatic N) is 2. The van der Waals surface area contributed by atoms with Gasteiger partial charge in [-0.15, -0.1) is 0 Å². The molecular formula is C32H35N3O4. The van der Waals surface area contributed by atoms with Crippen LogP contribution in [0.25, 0.3) is 0 Å². The molecule has 1 N–H and O–H groups in total. The predicted octanol–water partition coefficient (Wildman–Crippen LogP) is 4.60. The van der Waals surface area contributed by atoms with Gasteiger partial charge in [0.25, 0.3) is 11.8 Å². The number of rotatable bonds is 6. The zero-order valence-electron chi connectivity index (χ0n) is 22.5. The fourth-order valence-corrected chi connectivity index (χ4v) is 5.55. The van der Waals surface area contributed by atoms with Crippen LogP contribution in [0.3, 0.4) is 0 Å². The van der Waals surface area contributed by atoms with Crippen LogP contribution in [0.5, 0.6) is 0 Å². The first-order valence-corrected chi connectivity index (χ1v) is 13.7. The summed E-state index contributed by atoms with van der Waals surface area (Å²) in [6.07, 6.45) is 1.78. The van der Waals surface area contributed by atoms with Crippen molar-refractivity contribution in [1.82, 2.24) is 15.1 Å². The third kappa shape index (κ3) is 5.45. The summed E-state index contributed by atoms with van der Waals surface area (Å²) < 4.78 is 6.33. The molecular weight excluding hydrogens is 490 g/mol. The Labute approximate surface area is 229 Å². The zero-order valence-corrected chi connectivity index (χ0v) is 22.5. The zero-order chi connectivity index (χ0) is 27.4. The van der Waals surface area contributed by atoms with Crippen LogP contribution in [-0.2, 0) is 16.0 Å². The number of ether oxygens (including phenoxy) is 1. The summed E-state index contributed by atoms with van der Waals surface area (Å²) in [4.78, 5) is 44.1. The quantitative estimate of drug-likeness (QED) is 0.510. The van der Waals surface area contributed by atoms with Gasteiger partial charge in [0.1, 0.15) is 11.8 Å². The monoisotopic (exact) mass is 525 g/mol. The van der Waals surface area contributed by atoms with Gasteiger partial charge in [-0.2, -0.15) is 0 Å². The molecule has 39 heavy (non-hydrogen) atoms. The molecule has 0 unspecified atom stereocenters.